The number of nitrogens with one attached hydrogen (secondary N) is 1. The van der Waals surface area contributed by atoms with Crippen molar-refractivity contribution in [2.75, 3.05) is 0 Å². The molecule has 0 fully saturated rings. The van der Waals surface area contributed by atoms with Gasteiger partial charge in [-0.1, -0.05) is 20.8 Å². The maximum absolute atomic E-state index is 3.81. The minimum Gasteiger partial charge on any atom is -0.366 e. The molecular formula is C7H13N3. The summed E-state index contributed by atoms with van der Waals surface area (Å²) >= 11 is 0. The van der Waals surface area contributed by atoms with Gasteiger partial charge in [-0.3, -0.25) is 0 Å². The first-order valence-electron chi connectivity index (χ1n) is 3.42. The molecule has 1 N–H and O–H groups in total. The molecule has 1 aliphatic heterocycles. The first-order valence-corrected chi connectivity index (χ1v) is 3.42. The van der Waals surface area contributed by atoms with Crippen molar-refractivity contribution in [3.8, 4) is 0 Å². The summed E-state index contributed by atoms with van der Waals surface area (Å²) in [6.07, 6.45) is 3.47. The average molecular weight is 139 g/mol. The van der Waals surface area contributed by atoms with Crippen LogP contribution >= 0.6 is 0 Å². The van der Waals surface area contributed by atoms with Crippen LogP contribution in [0, 0.1) is 5.41 Å². The third-order valence-electron chi connectivity index (χ3n) is 1.53. The van der Waals surface area contributed by atoms with Gasteiger partial charge in [0.1, 0.15) is 6.34 Å². The van der Waals surface area contributed by atoms with Crippen LogP contribution in [0.3, 0.4) is 0 Å². The average Bonchev–Trinajstić information content (AvgIpc) is 1.88. The van der Waals surface area contributed by atoms with Crippen molar-refractivity contribution in [2.45, 2.75) is 26.8 Å². The Morgan fingerprint density at radius 2 is 2.00 bits per heavy atom. The fourth-order valence-corrected chi connectivity index (χ4v) is 0.769. The summed E-state index contributed by atoms with van der Waals surface area (Å²) < 4.78 is 0. The highest BCUT2D eigenvalue weighted by atomic mass is 15.3. The molecule has 56 valence electrons. The number of hydrogen-bond acceptors (Lipinski definition) is 3. The Labute approximate surface area is 61.2 Å². The Morgan fingerprint density at radius 3 is 2.30 bits per heavy atom. The van der Waals surface area contributed by atoms with E-state index < -0.39 is 0 Å². The van der Waals surface area contributed by atoms with E-state index in [2.05, 4.69) is 36.3 Å². The van der Waals surface area contributed by atoms with Crippen molar-refractivity contribution < 1.29 is 0 Å². The molecule has 1 unspecified atom stereocenters. The zero-order chi connectivity index (χ0) is 7.61. The van der Waals surface area contributed by atoms with Crippen molar-refractivity contribution in [1.29, 1.82) is 0 Å². The largest absolute Gasteiger partial charge is 0.366 e. The van der Waals surface area contributed by atoms with Crippen molar-refractivity contribution in [3.63, 3.8) is 0 Å². The third kappa shape index (κ3) is 1.56. The molecular weight excluding hydrogens is 126 g/mol. The highest BCUT2D eigenvalue weighted by Gasteiger charge is 2.22. The lowest BCUT2D eigenvalue weighted by molar-refractivity contribution is 0.364. The van der Waals surface area contributed by atoms with E-state index in [0.717, 1.165) is 0 Å². The zero-order valence-electron chi connectivity index (χ0n) is 6.63. The highest BCUT2D eigenvalue weighted by molar-refractivity contribution is 5.74. The van der Waals surface area contributed by atoms with Gasteiger partial charge < -0.3 is 5.32 Å². The zero-order valence-corrected chi connectivity index (χ0v) is 6.63. The molecule has 0 radical (unpaired) electrons. The van der Waals surface area contributed by atoms with Gasteiger partial charge in [0.25, 0.3) is 0 Å². The second-order valence-corrected chi connectivity index (χ2v) is 3.52. The summed E-state index contributed by atoms with van der Waals surface area (Å²) in [7, 11) is 0. The molecule has 1 atom stereocenters. The molecule has 0 aliphatic carbocycles. The Kier molecular flexibility index (Phi) is 1.74. The van der Waals surface area contributed by atoms with Crippen LogP contribution in [0.1, 0.15) is 20.8 Å². The third-order valence-corrected chi connectivity index (χ3v) is 1.53. The topological polar surface area (TPSA) is 36.8 Å². The second-order valence-electron chi connectivity index (χ2n) is 3.52. The molecule has 0 bridgehead atoms. The fraction of sp³-hybridized carbons (Fsp3) is 0.714. The lowest BCUT2D eigenvalue weighted by Gasteiger charge is -2.27. The van der Waals surface area contributed by atoms with Gasteiger partial charge in [-0.2, -0.15) is 5.10 Å². The van der Waals surface area contributed by atoms with Crippen molar-refractivity contribution in [2.24, 2.45) is 15.6 Å². The van der Waals surface area contributed by atoms with Crippen LogP contribution in [0.2, 0.25) is 0 Å². The van der Waals surface area contributed by atoms with Gasteiger partial charge in [0.15, 0.2) is 0 Å². The molecule has 0 spiro atoms. The Bertz CT molecular complexity index is 164. The summed E-state index contributed by atoms with van der Waals surface area (Å²) in [5.41, 5.74) is 0.218. The molecule has 10 heavy (non-hydrogen) atoms. The van der Waals surface area contributed by atoms with Crippen LogP contribution in [-0.2, 0) is 0 Å². The van der Waals surface area contributed by atoms with Crippen LogP contribution in [0.5, 0.6) is 0 Å². The normalized spacial score (nSPS) is 24.5. The molecule has 0 aromatic carbocycles. The molecule has 1 rings (SSSR count). The highest BCUT2D eigenvalue weighted by Crippen LogP contribution is 2.17. The lowest BCUT2D eigenvalue weighted by atomic mass is 9.87. The predicted octanol–water partition coefficient (Wildman–Crippen LogP) is 1.02. The minimum atomic E-state index is 0.218. The SMILES string of the molecule is CC(C)(C)C1C=NN=CN1. The molecule has 0 saturated carbocycles. The number of nitrogens with zero attached hydrogens (tertiary/aromatic N) is 2. The van der Waals surface area contributed by atoms with E-state index in [-0.39, 0.29) is 5.41 Å². The van der Waals surface area contributed by atoms with Crippen molar-refractivity contribution in [1.82, 2.24) is 5.32 Å². The summed E-state index contributed by atoms with van der Waals surface area (Å²) in [5.74, 6) is 0. The van der Waals surface area contributed by atoms with E-state index in [9.17, 15) is 0 Å². The second kappa shape index (κ2) is 2.40. The Morgan fingerprint density at radius 1 is 1.30 bits per heavy atom. The number of hydrogen-bond donors (Lipinski definition) is 1. The first-order chi connectivity index (χ1) is 4.61. The van der Waals surface area contributed by atoms with E-state index >= 15 is 0 Å². The predicted molar refractivity (Wildman–Crippen MR) is 43.4 cm³/mol. The van der Waals surface area contributed by atoms with Crippen molar-refractivity contribution >= 4 is 12.6 Å². The van der Waals surface area contributed by atoms with Crippen molar-refractivity contribution in [3.05, 3.63) is 0 Å². The van der Waals surface area contributed by atoms with Gasteiger partial charge >= 0.3 is 0 Å². The standard InChI is InChI=1S/C7H13N3/c1-7(2,3)6-4-9-10-5-8-6/h4-6H,1-3H3,(H,8,10). The van der Waals surface area contributed by atoms with Gasteiger partial charge in [0, 0.05) is 6.21 Å². The van der Waals surface area contributed by atoms with E-state index in [4.69, 9.17) is 0 Å². The van der Waals surface area contributed by atoms with Crippen LogP contribution in [0.4, 0.5) is 0 Å². The van der Waals surface area contributed by atoms with Crippen LogP contribution in [-0.4, -0.2) is 18.6 Å². The molecule has 0 aromatic rings. The summed E-state index contributed by atoms with van der Waals surface area (Å²) in [6.45, 7) is 6.49. The Balaban J connectivity index is 2.60. The van der Waals surface area contributed by atoms with Crippen LogP contribution in [0.15, 0.2) is 10.2 Å². The van der Waals surface area contributed by atoms with Gasteiger partial charge in [-0.25, -0.2) is 0 Å². The fourth-order valence-electron chi connectivity index (χ4n) is 0.769. The molecule has 1 aliphatic rings. The molecule has 0 aromatic heterocycles. The maximum atomic E-state index is 3.81. The lowest BCUT2D eigenvalue weighted by Crippen LogP contribution is -2.42. The van der Waals surface area contributed by atoms with Gasteiger partial charge in [0.05, 0.1) is 6.04 Å². The summed E-state index contributed by atoms with van der Waals surface area (Å²) in [4.78, 5) is 0. The van der Waals surface area contributed by atoms with E-state index in [1.807, 2.05) is 6.21 Å². The van der Waals surface area contributed by atoms with Crippen LogP contribution < -0.4 is 5.32 Å². The maximum Gasteiger partial charge on any atom is 0.111 e. The van der Waals surface area contributed by atoms with E-state index in [0.29, 0.717) is 6.04 Å². The van der Waals surface area contributed by atoms with Gasteiger partial charge in [-0.05, 0) is 5.41 Å². The summed E-state index contributed by atoms with van der Waals surface area (Å²) in [5, 5.41) is 10.6. The minimum absolute atomic E-state index is 0.218. The molecule has 0 amide bonds. The quantitative estimate of drug-likeness (QED) is 0.534. The Hall–Kier alpha value is -0.860. The van der Waals surface area contributed by atoms with Gasteiger partial charge in [-0.15, -0.1) is 5.10 Å². The molecule has 1 heterocycles. The number of rotatable bonds is 0. The monoisotopic (exact) mass is 139 g/mol. The van der Waals surface area contributed by atoms with Gasteiger partial charge in [0.2, 0.25) is 0 Å². The first kappa shape index (κ1) is 7.25. The summed E-state index contributed by atoms with van der Waals surface area (Å²) in [6, 6.07) is 0.310. The van der Waals surface area contributed by atoms with E-state index in [1.54, 1.807) is 6.34 Å². The van der Waals surface area contributed by atoms with Crippen LogP contribution in [0.25, 0.3) is 0 Å². The van der Waals surface area contributed by atoms with E-state index in [1.165, 1.54) is 0 Å². The molecule has 3 heteroatoms. The molecule has 3 nitrogen and oxygen atoms in total. The molecule has 0 saturated heterocycles. The smallest absolute Gasteiger partial charge is 0.111 e.